The van der Waals surface area contributed by atoms with Crippen molar-refractivity contribution in [1.82, 2.24) is 10.3 Å². The van der Waals surface area contributed by atoms with Gasteiger partial charge in [-0.05, 0) is 35.9 Å². The molecule has 0 saturated carbocycles. The number of aromatic nitrogens is 1. The predicted octanol–water partition coefficient (Wildman–Crippen LogP) is 2.26. The maximum absolute atomic E-state index is 9.82. The van der Waals surface area contributed by atoms with E-state index in [2.05, 4.69) is 10.3 Å². The van der Waals surface area contributed by atoms with Gasteiger partial charge in [0.1, 0.15) is 18.5 Å². The maximum Gasteiger partial charge on any atom is 0.120 e. The molecule has 0 fully saturated rings. The minimum atomic E-state index is -0.573. The predicted molar refractivity (Wildman–Crippen MR) is 78.9 cm³/mol. The van der Waals surface area contributed by atoms with Crippen molar-refractivity contribution in [1.29, 1.82) is 0 Å². The molecule has 4 nitrogen and oxygen atoms in total. The van der Waals surface area contributed by atoms with Gasteiger partial charge < -0.3 is 15.2 Å². The van der Waals surface area contributed by atoms with E-state index in [1.54, 1.807) is 24.5 Å². The Kier molecular flexibility index (Phi) is 5.80. The lowest BCUT2D eigenvalue weighted by molar-refractivity contribution is 0.106. The minimum Gasteiger partial charge on any atom is -0.491 e. The Morgan fingerprint density at radius 3 is 2.80 bits per heavy atom. The van der Waals surface area contributed by atoms with Crippen molar-refractivity contribution >= 4 is 11.6 Å². The number of rotatable bonds is 7. The summed E-state index contributed by atoms with van der Waals surface area (Å²) in [4.78, 5) is 3.95. The highest BCUT2D eigenvalue weighted by Gasteiger charge is 2.05. The van der Waals surface area contributed by atoms with Crippen LogP contribution in [0.5, 0.6) is 5.75 Å². The summed E-state index contributed by atoms with van der Waals surface area (Å²) in [5, 5.41) is 13.6. The monoisotopic (exact) mass is 292 g/mol. The molecule has 0 aliphatic heterocycles. The molecule has 0 bridgehead atoms. The van der Waals surface area contributed by atoms with E-state index in [4.69, 9.17) is 16.3 Å². The first kappa shape index (κ1) is 14.8. The number of hydrogen-bond acceptors (Lipinski definition) is 4. The molecule has 2 rings (SSSR count). The summed E-state index contributed by atoms with van der Waals surface area (Å²) in [7, 11) is 0. The smallest absolute Gasteiger partial charge is 0.120 e. The Bertz CT molecular complexity index is 522. The third kappa shape index (κ3) is 5.17. The fourth-order valence-electron chi connectivity index (χ4n) is 1.69. The molecule has 1 aromatic heterocycles. The summed E-state index contributed by atoms with van der Waals surface area (Å²) in [5.41, 5.74) is 1.13. The van der Waals surface area contributed by atoms with Crippen LogP contribution in [0.25, 0.3) is 0 Å². The Morgan fingerprint density at radius 1 is 1.25 bits per heavy atom. The number of nitrogens with zero attached hydrogens (tertiary/aromatic N) is 1. The summed E-state index contributed by atoms with van der Waals surface area (Å²) < 4.78 is 5.47. The van der Waals surface area contributed by atoms with Crippen LogP contribution >= 0.6 is 11.6 Å². The lowest BCUT2D eigenvalue weighted by Gasteiger charge is -2.13. The Labute approximate surface area is 123 Å². The van der Waals surface area contributed by atoms with Crippen molar-refractivity contribution in [2.75, 3.05) is 13.2 Å². The van der Waals surface area contributed by atoms with E-state index in [1.807, 2.05) is 24.3 Å². The van der Waals surface area contributed by atoms with Crippen molar-refractivity contribution < 1.29 is 9.84 Å². The molecule has 2 aromatic rings. The molecular formula is C15H17ClN2O2. The number of aliphatic hydroxyl groups is 1. The average Bonchev–Trinajstić information content (AvgIpc) is 2.46. The molecule has 1 unspecified atom stereocenters. The number of halogens is 1. The third-order valence-electron chi connectivity index (χ3n) is 2.70. The molecule has 0 aliphatic rings. The second-order valence-electron chi connectivity index (χ2n) is 4.41. The van der Waals surface area contributed by atoms with Crippen LogP contribution in [0.2, 0.25) is 5.02 Å². The fourth-order valence-corrected chi connectivity index (χ4v) is 1.87. The molecule has 1 heterocycles. The molecule has 0 radical (unpaired) electrons. The first-order valence-corrected chi connectivity index (χ1v) is 6.78. The van der Waals surface area contributed by atoms with E-state index in [9.17, 15) is 5.11 Å². The van der Waals surface area contributed by atoms with Gasteiger partial charge in [0.05, 0.1) is 0 Å². The van der Waals surface area contributed by atoms with E-state index >= 15 is 0 Å². The molecule has 0 spiro atoms. The van der Waals surface area contributed by atoms with Crippen molar-refractivity contribution in [3.8, 4) is 5.75 Å². The molecule has 20 heavy (non-hydrogen) atoms. The fraction of sp³-hybridized carbons (Fsp3) is 0.267. The van der Waals surface area contributed by atoms with Crippen molar-refractivity contribution in [2.45, 2.75) is 12.6 Å². The number of benzene rings is 1. The Morgan fingerprint density at radius 2 is 2.05 bits per heavy atom. The molecule has 0 aliphatic carbocycles. The van der Waals surface area contributed by atoms with Crippen molar-refractivity contribution in [3.05, 3.63) is 59.4 Å². The molecule has 2 N–H and O–H groups in total. The second kappa shape index (κ2) is 7.85. The first-order valence-electron chi connectivity index (χ1n) is 6.40. The molecule has 1 atom stereocenters. The summed E-state index contributed by atoms with van der Waals surface area (Å²) in [6, 6.07) is 11.0. The van der Waals surface area contributed by atoms with Gasteiger partial charge in [-0.25, -0.2) is 0 Å². The number of nitrogens with one attached hydrogen (secondary N) is 1. The van der Waals surface area contributed by atoms with E-state index < -0.39 is 6.10 Å². The van der Waals surface area contributed by atoms with Gasteiger partial charge in [-0.3, -0.25) is 4.98 Å². The van der Waals surface area contributed by atoms with Gasteiger partial charge in [0.15, 0.2) is 0 Å². The van der Waals surface area contributed by atoms with Gasteiger partial charge in [0.2, 0.25) is 0 Å². The quantitative estimate of drug-likeness (QED) is 0.822. The molecule has 0 amide bonds. The van der Waals surface area contributed by atoms with Crippen LogP contribution in [0.15, 0.2) is 48.8 Å². The van der Waals surface area contributed by atoms with E-state index in [0.717, 1.165) is 5.56 Å². The van der Waals surface area contributed by atoms with Gasteiger partial charge >= 0.3 is 0 Å². The van der Waals surface area contributed by atoms with Crippen LogP contribution in [0.4, 0.5) is 0 Å². The normalized spacial score (nSPS) is 12.1. The largest absolute Gasteiger partial charge is 0.491 e. The average molecular weight is 293 g/mol. The van der Waals surface area contributed by atoms with Crippen LogP contribution in [0, 0.1) is 0 Å². The van der Waals surface area contributed by atoms with Gasteiger partial charge in [0, 0.05) is 30.5 Å². The third-order valence-corrected chi connectivity index (χ3v) is 2.93. The topological polar surface area (TPSA) is 54.4 Å². The number of aliphatic hydroxyl groups excluding tert-OH is 1. The van der Waals surface area contributed by atoms with E-state index in [1.165, 1.54) is 0 Å². The summed E-state index contributed by atoms with van der Waals surface area (Å²) in [6.07, 6.45) is 2.92. The molecule has 1 aromatic carbocycles. The van der Waals surface area contributed by atoms with Crippen LogP contribution in [-0.2, 0) is 6.54 Å². The molecular weight excluding hydrogens is 276 g/mol. The number of ether oxygens (including phenoxy) is 1. The summed E-state index contributed by atoms with van der Waals surface area (Å²) in [5.74, 6) is 0.658. The number of pyridine rings is 1. The van der Waals surface area contributed by atoms with Crippen molar-refractivity contribution in [3.63, 3.8) is 0 Å². The first-order chi connectivity index (χ1) is 9.74. The highest BCUT2D eigenvalue weighted by Crippen LogP contribution is 2.17. The SMILES string of the molecule is OC(CNCc1ccncc1)COc1cccc(Cl)c1. The highest BCUT2D eigenvalue weighted by molar-refractivity contribution is 6.30. The van der Waals surface area contributed by atoms with Gasteiger partial charge in [-0.2, -0.15) is 0 Å². The Balaban J connectivity index is 1.67. The van der Waals surface area contributed by atoms with E-state index in [-0.39, 0.29) is 6.61 Å². The lowest BCUT2D eigenvalue weighted by atomic mass is 10.2. The summed E-state index contributed by atoms with van der Waals surface area (Å²) >= 11 is 5.85. The number of hydrogen-bond donors (Lipinski definition) is 2. The lowest BCUT2D eigenvalue weighted by Crippen LogP contribution is -2.31. The van der Waals surface area contributed by atoms with Gasteiger partial charge in [-0.15, -0.1) is 0 Å². The van der Waals surface area contributed by atoms with Gasteiger partial charge in [0.25, 0.3) is 0 Å². The Hall–Kier alpha value is -1.62. The van der Waals surface area contributed by atoms with Crippen LogP contribution in [-0.4, -0.2) is 29.3 Å². The van der Waals surface area contributed by atoms with E-state index in [0.29, 0.717) is 23.9 Å². The zero-order valence-electron chi connectivity index (χ0n) is 11.0. The standard InChI is InChI=1S/C15H17ClN2O2/c16-13-2-1-3-15(8-13)20-11-14(19)10-18-9-12-4-6-17-7-5-12/h1-8,14,18-19H,9-11H2. The van der Waals surface area contributed by atoms with Gasteiger partial charge in [-0.1, -0.05) is 17.7 Å². The zero-order chi connectivity index (χ0) is 14.2. The highest BCUT2D eigenvalue weighted by atomic mass is 35.5. The minimum absolute atomic E-state index is 0.226. The summed E-state index contributed by atoms with van der Waals surface area (Å²) in [6.45, 7) is 1.38. The zero-order valence-corrected chi connectivity index (χ0v) is 11.8. The molecule has 5 heteroatoms. The molecule has 0 saturated heterocycles. The van der Waals surface area contributed by atoms with Crippen molar-refractivity contribution in [2.24, 2.45) is 0 Å². The van der Waals surface area contributed by atoms with Crippen LogP contribution in [0.1, 0.15) is 5.56 Å². The maximum atomic E-state index is 9.82. The second-order valence-corrected chi connectivity index (χ2v) is 4.85. The van der Waals surface area contributed by atoms with Crippen LogP contribution in [0.3, 0.4) is 0 Å². The van der Waals surface area contributed by atoms with Crippen LogP contribution < -0.4 is 10.1 Å². The molecule has 106 valence electrons.